The van der Waals surface area contributed by atoms with Gasteiger partial charge in [-0.1, -0.05) is 84.9 Å². The van der Waals surface area contributed by atoms with E-state index in [2.05, 4.69) is 10.6 Å². The normalized spacial score (nSPS) is 23.8. The monoisotopic (exact) mass is 604 g/mol. The van der Waals surface area contributed by atoms with E-state index in [1.807, 2.05) is 111 Å². The molecule has 2 unspecified atom stereocenters. The average Bonchev–Trinajstić information content (AvgIpc) is 3.02. The Hall–Kier alpha value is -4.34. The zero-order chi connectivity index (χ0) is 31.6. The number of fused-ring (bicyclic) bond motifs is 2. The Bertz CT molecular complexity index is 1600. The second kappa shape index (κ2) is 12.6. The van der Waals surface area contributed by atoms with E-state index in [0.29, 0.717) is 24.2 Å². The summed E-state index contributed by atoms with van der Waals surface area (Å²) in [6, 6.07) is 28.9. The number of nitrogens with one attached hydrogen (secondary N) is 2. The Balaban J connectivity index is 1.23. The highest BCUT2D eigenvalue weighted by atomic mass is 16.6. The molecule has 4 aromatic rings. The van der Waals surface area contributed by atoms with Crippen LogP contribution in [0.1, 0.15) is 39.8 Å². The zero-order valence-corrected chi connectivity index (χ0v) is 25.9. The summed E-state index contributed by atoms with van der Waals surface area (Å²) in [4.78, 5) is 27.4. The molecule has 4 atom stereocenters. The van der Waals surface area contributed by atoms with Crippen LogP contribution in [0.4, 0.5) is 11.4 Å². The first kappa shape index (κ1) is 30.7. The molecule has 0 bridgehead atoms. The Morgan fingerprint density at radius 3 is 1.36 bits per heavy atom. The van der Waals surface area contributed by atoms with Crippen molar-refractivity contribution in [3.63, 3.8) is 0 Å². The third-order valence-electron chi connectivity index (χ3n) is 9.56. The van der Waals surface area contributed by atoms with Crippen LogP contribution in [0.5, 0.6) is 0 Å². The number of rotatable bonds is 8. The van der Waals surface area contributed by atoms with E-state index in [1.165, 1.54) is 0 Å². The molecule has 6 rings (SSSR count). The van der Waals surface area contributed by atoms with Crippen molar-refractivity contribution in [3.05, 3.63) is 141 Å². The Kier molecular flexibility index (Phi) is 8.57. The quantitative estimate of drug-likeness (QED) is 0.186. The second-order valence-corrected chi connectivity index (χ2v) is 12.6. The summed E-state index contributed by atoms with van der Waals surface area (Å²) in [7, 11) is 0. The van der Waals surface area contributed by atoms with Gasteiger partial charge in [0.25, 0.3) is 11.8 Å². The van der Waals surface area contributed by atoms with Crippen LogP contribution in [0.2, 0.25) is 0 Å². The van der Waals surface area contributed by atoms with Gasteiger partial charge in [0.1, 0.15) is 13.1 Å². The van der Waals surface area contributed by atoms with Crippen LogP contribution in [0.3, 0.4) is 0 Å². The van der Waals surface area contributed by atoms with Crippen molar-refractivity contribution >= 4 is 23.2 Å². The molecule has 0 aromatic heterocycles. The van der Waals surface area contributed by atoms with Gasteiger partial charge in [-0.2, -0.15) is 0 Å². The summed E-state index contributed by atoms with van der Waals surface area (Å²) in [5.74, 6) is -0.635. The fraction of sp³-hybridized carbons (Fsp3) is 0.297. The van der Waals surface area contributed by atoms with Crippen molar-refractivity contribution in [1.29, 1.82) is 0 Å². The van der Waals surface area contributed by atoms with Crippen LogP contribution >= 0.6 is 0 Å². The summed E-state index contributed by atoms with van der Waals surface area (Å²) in [5.41, 5.74) is 7.08. The van der Waals surface area contributed by atoms with Gasteiger partial charge >= 0.3 is 0 Å². The number of para-hydroxylation sites is 2. The molecule has 0 fully saturated rings. The largest absolute Gasteiger partial charge is 0.632 e. The molecule has 2 heterocycles. The Labute approximate surface area is 264 Å². The smallest absolute Gasteiger partial charge is 0.283 e. The highest BCUT2D eigenvalue weighted by Crippen LogP contribution is 2.34. The van der Waals surface area contributed by atoms with Crippen molar-refractivity contribution in [2.24, 2.45) is 0 Å². The van der Waals surface area contributed by atoms with Gasteiger partial charge in [0.05, 0.1) is 13.1 Å². The number of nitrogens with zero attached hydrogens (tertiary/aromatic N) is 2. The average molecular weight is 605 g/mol. The van der Waals surface area contributed by atoms with E-state index in [9.17, 15) is 20.0 Å². The molecular weight excluding hydrogens is 564 g/mol. The molecule has 0 saturated heterocycles. The fourth-order valence-corrected chi connectivity index (χ4v) is 6.92. The van der Waals surface area contributed by atoms with Gasteiger partial charge in [-0.25, -0.2) is 0 Å². The van der Waals surface area contributed by atoms with Crippen molar-refractivity contribution < 1.29 is 18.9 Å². The van der Waals surface area contributed by atoms with Crippen LogP contribution in [0.15, 0.2) is 97.1 Å². The van der Waals surface area contributed by atoms with E-state index in [-0.39, 0.29) is 44.4 Å². The summed E-state index contributed by atoms with van der Waals surface area (Å²) < 4.78 is -1.49. The Morgan fingerprint density at radius 2 is 0.956 bits per heavy atom. The van der Waals surface area contributed by atoms with Gasteiger partial charge in [-0.05, 0) is 48.2 Å². The van der Waals surface area contributed by atoms with Gasteiger partial charge in [0.15, 0.2) is 12.1 Å². The molecule has 0 saturated carbocycles. The first-order valence-electron chi connectivity index (χ1n) is 15.7. The minimum absolute atomic E-state index is 0.0935. The van der Waals surface area contributed by atoms with Gasteiger partial charge < -0.3 is 30.3 Å². The number of hydrogen-bond acceptors (Lipinski definition) is 4. The molecule has 0 aliphatic carbocycles. The number of carbonyl (C=O) groups is 2. The number of aryl methyl sites for hydroxylation is 2. The third-order valence-corrected chi connectivity index (χ3v) is 9.56. The van der Waals surface area contributed by atoms with E-state index in [1.54, 1.807) is 0 Å². The first-order chi connectivity index (χ1) is 21.6. The minimum Gasteiger partial charge on any atom is -0.632 e. The standard InChI is InChI=1S/C37H40N4O4/c1-26-12-3-9-18-32(26)38-36(42)34-22-28-14-5-7-16-30(28)24-40(34,44)20-11-21-41(45)25-31-17-8-6-15-29(31)23-35(41)37(43)39-33-19-10-4-13-27(33)2/h3-10,12-19,34-35H,11,20-25H2,1-2H3,(H,38,42)(H,39,43)/t34-,35-,40?,41?/m0/s1. The van der Waals surface area contributed by atoms with Gasteiger partial charge in [-0.15, -0.1) is 0 Å². The number of quaternary nitrogens is 2. The number of hydrogen-bond donors (Lipinski definition) is 2. The Morgan fingerprint density at radius 1 is 0.600 bits per heavy atom. The highest BCUT2D eigenvalue weighted by Gasteiger charge is 2.43. The first-order valence-corrected chi connectivity index (χ1v) is 15.7. The maximum absolute atomic E-state index is 14.7. The molecule has 2 aliphatic rings. The van der Waals surface area contributed by atoms with E-state index in [0.717, 1.165) is 33.4 Å². The summed E-state index contributed by atoms with van der Waals surface area (Å²) in [6.07, 6.45) is 0.923. The van der Waals surface area contributed by atoms with Crippen LogP contribution < -0.4 is 10.6 Å². The van der Waals surface area contributed by atoms with E-state index < -0.39 is 21.4 Å². The molecule has 8 nitrogen and oxygen atoms in total. The SMILES string of the molecule is Cc1ccccc1NC(=O)[C@@H]1Cc2ccccc2C[N+]1([O-])CCC[N+]1([O-])Cc2ccccc2C[C@H]1C(=O)Nc1ccccc1C. The minimum atomic E-state index is -0.859. The van der Waals surface area contributed by atoms with Crippen LogP contribution in [-0.4, -0.2) is 46.3 Å². The molecular formula is C37H40N4O4. The van der Waals surface area contributed by atoms with Crippen molar-refractivity contribution in [3.8, 4) is 0 Å². The number of amides is 2. The maximum atomic E-state index is 14.7. The van der Waals surface area contributed by atoms with Gasteiger partial charge in [0, 0.05) is 41.8 Å². The van der Waals surface area contributed by atoms with Crippen molar-refractivity contribution in [1.82, 2.24) is 0 Å². The van der Waals surface area contributed by atoms with Gasteiger partial charge in [-0.3, -0.25) is 9.59 Å². The van der Waals surface area contributed by atoms with Crippen LogP contribution in [-0.2, 0) is 35.5 Å². The third kappa shape index (κ3) is 6.41. The molecule has 2 amide bonds. The van der Waals surface area contributed by atoms with Crippen LogP contribution in [0, 0.1) is 24.3 Å². The predicted octanol–water partition coefficient (Wildman–Crippen LogP) is 6.15. The van der Waals surface area contributed by atoms with Gasteiger partial charge in [0.2, 0.25) is 0 Å². The lowest BCUT2D eigenvalue weighted by Crippen LogP contribution is -2.61. The molecule has 2 N–H and O–H groups in total. The molecule has 2 aliphatic heterocycles. The number of benzene rings is 4. The van der Waals surface area contributed by atoms with Crippen molar-refractivity contribution in [2.75, 3.05) is 23.7 Å². The zero-order valence-electron chi connectivity index (χ0n) is 25.9. The summed E-state index contributed by atoms with van der Waals surface area (Å²) >= 11 is 0. The van der Waals surface area contributed by atoms with E-state index in [4.69, 9.17) is 0 Å². The lowest BCUT2D eigenvalue weighted by atomic mass is 9.91. The lowest BCUT2D eigenvalue weighted by molar-refractivity contribution is -0.929. The molecule has 0 spiro atoms. The number of carbonyl (C=O) groups excluding carboxylic acids is 2. The topological polar surface area (TPSA) is 104 Å². The fourth-order valence-electron chi connectivity index (χ4n) is 6.92. The van der Waals surface area contributed by atoms with E-state index >= 15 is 0 Å². The molecule has 45 heavy (non-hydrogen) atoms. The summed E-state index contributed by atoms with van der Waals surface area (Å²) in [6.45, 7) is 4.34. The lowest BCUT2D eigenvalue weighted by Gasteiger charge is -2.53. The molecule has 4 aromatic carbocycles. The predicted molar refractivity (Wildman–Crippen MR) is 176 cm³/mol. The van der Waals surface area contributed by atoms with Crippen LogP contribution in [0.25, 0.3) is 0 Å². The highest BCUT2D eigenvalue weighted by molar-refractivity contribution is 5.95. The number of hydroxylamine groups is 6. The molecule has 232 valence electrons. The second-order valence-electron chi connectivity index (χ2n) is 12.6. The maximum Gasteiger partial charge on any atom is 0.283 e. The van der Waals surface area contributed by atoms with Crippen molar-refractivity contribution in [2.45, 2.75) is 58.3 Å². The summed E-state index contributed by atoms with van der Waals surface area (Å²) in [5, 5.41) is 35.3. The number of anilines is 2. The molecule has 0 radical (unpaired) electrons. The molecule has 8 heteroatoms.